The number of nitrogens with zero attached hydrogens (tertiary/aromatic N) is 1. The molecule has 1 aliphatic heterocycles. The van der Waals surface area contributed by atoms with Gasteiger partial charge in [0.05, 0.1) is 13.2 Å². The molecule has 1 fully saturated rings. The summed E-state index contributed by atoms with van der Waals surface area (Å²) in [4.78, 5) is 14.1. The molecule has 0 saturated carbocycles. The van der Waals surface area contributed by atoms with Crippen molar-refractivity contribution in [3.05, 3.63) is 35.4 Å². The van der Waals surface area contributed by atoms with Crippen molar-refractivity contribution >= 4 is 30.7 Å². The number of nitrogens with two attached hydrogens (primary N) is 1. The van der Waals surface area contributed by atoms with Gasteiger partial charge in [0, 0.05) is 32.6 Å². The highest BCUT2D eigenvalue weighted by molar-refractivity contribution is 5.85. The van der Waals surface area contributed by atoms with Gasteiger partial charge in [-0.05, 0) is 24.1 Å². The van der Waals surface area contributed by atoms with Crippen LogP contribution in [-0.4, -0.2) is 43.7 Å². The van der Waals surface area contributed by atoms with Crippen LogP contribution in [-0.2, 0) is 22.6 Å². The molecule has 0 radical (unpaired) electrons. The Kier molecular flexibility index (Phi) is 12.1. The molecule has 5 nitrogen and oxygen atoms in total. The monoisotopic (exact) mass is 363 g/mol. The maximum Gasteiger partial charge on any atom is 0.220 e. The standard InChI is InChI=1S/C16H25N3O2.2ClH/c17-7-3-6-16(20)18-12-14-4-1-2-5-15(14)13-19-8-10-21-11-9-19;;/h1-2,4-5H,3,6-13,17H2,(H,18,20);2*1H. The van der Waals surface area contributed by atoms with Crippen LogP contribution in [0.25, 0.3) is 0 Å². The summed E-state index contributed by atoms with van der Waals surface area (Å²) in [5.41, 5.74) is 7.88. The minimum Gasteiger partial charge on any atom is -0.379 e. The average molecular weight is 364 g/mol. The maximum atomic E-state index is 11.7. The van der Waals surface area contributed by atoms with Crippen molar-refractivity contribution in [1.29, 1.82) is 0 Å². The minimum absolute atomic E-state index is 0. The number of hydrogen-bond donors (Lipinski definition) is 2. The summed E-state index contributed by atoms with van der Waals surface area (Å²) in [5.74, 6) is 0.0709. The van der Waals surface area contributed by atoms with Gasteiger partial charge >= 0.3 is 0 Å². The first-order valence-corrected chi connectivity index (χ1v) is 7.63. The predicted octanol–water partition coefficient (Wildman–Crippen LogP) is 1.72. The summed E-state index contributed by atoms with van der Waals surface area (Å²) in [6.07, 6.45) is 1.24. The number of carbonyl (C=O) groups excluding carboxylic acids is 1. The van der Waals surface area contributed by atoms with E-state index in [-0.39, 0.29) is 30.7 Å². The number of morpholine rings is 1. The van der Waals surface area contributed by atoms with Gasteiger partial charge in [-0.1, -0.05) is 24.3 Å². The van der Waals surface area contributed by atoms with Crippen molar-refractivity contribution in [3.8, 4) is 0 Å². The summed E-state index contributed by atoms with van der Waals surface area (Å²) in [5, 5.41) is 2.97. The van der Waals surface area contributed by atoms with E-state index < -0.39 is 0 Å². The van der Waals surface area contributed by atoms with Crippen molar-refractivity contribution in [2.75, 3.05) is 32.8 Å². The molecule has 23 heavy (non-hydrogen) atoms. The second kappa shape index (κ2) is 12.6. The molecule has 0 bridgehead atoms. The molecule has 132 valence electrons. The zero-order valence-corrected chi connectivity index (χ0v) is 15.0. The Morgan fingerprint density at radius 2 is 1.83 bits per heavy atom. The van der Waals surface area contributed by atoms with Crippen molar-refractivity contribution in [2.24, 2.45) is 5.73 Å². The third kappa shape index (κ3) is 7.99. The third-order valence-electron chi connectivity index (χ3n) is 3.70. The van der Waals surface area contributed by atoms with Crippen molar-refractivity contribution in [2.45, 2.75) is 25.9 Å². The van der Waals surface area contributed by atoms with Gasteiger partial charge in [-0.2, -0.15) is 0 Å². The van der Waals surface area contributed by atoms with Gasteiger partial charge in [-0.25, -0.2) is 0 Å². The first kappa shape index (κ1) is 22.1. The van der Waals surface area contributed by atoms with Gasteiger partial charge in [-0.15, -0.1) is 24.8 Å². The summed E-state index contributed by atoms with van der Waals surface area (Å²) in [7, 11) is 0. The van der Waals surface area contributed by atoms with E-state index in [9.17, 15) is 4.79 Å². The van der Waals surface area contributed by atoms with E-state index in [1.54, 1.807) is 0 Å². The molecule has 0 unspecified atom stereocenters. The normalized spacial score (nSPS) is 14.5. The zero-order chi connectivity index (χ0) is 14.9. The van der Waals surface area contributed by atoms with E-state index in [0.717, 1.165) is 39.3 Å². The molecular formula is C16H27Cl2N3O2. The molecule has 1 aliphatic rings. The Balaban J connectivity index is 0.00000242. The first-order chi connectivity index (χ1) is 10.3. The second-order valence-corrected chi connectivity index (χ2v) is 5.33. The number of nitrogens with one attached hydrogen (secondary N) is 1. The summed E-state index contributed by atoms with van der Waals surface area (Å²) in [6.45, 7) is 5.60. The summed E-state index contributed by atoms with van der Waals surface area (Å²) < 4.78 is 5.38. The average Bonchev–Trinajstić information content (AvgIpc) is 2.53. The molecule has 0 atom stereocenters. The Labute approximate surface area is 150 Å². The molecule has 1 heterocycles. The number of amides is 1. The van der Waals surface area contributed by atoms with Crippen molar-refractivity contribution < 1.29 is 9.53 Å². The van der Waals surface area contributed by atoms with Crippen LogP contribution in [0.5, 0.6) is 0 Å². The SMILES string of the molecule is Cl.Cl.NCCCC(=O)NCc1ccccc1CN1CCOCC1. The quantitative estimate of drug-likeness (QED) is 0.773. The summed E-state index contributed by atoms with van der Waals surface area (Å²) in [6, 6.07) is 8.29. The number of hydrogen-bond acceptors (Lipinski definition) is 4. The van der Waals surface area contributed by atoms with E-state index in [1.807, 2.05) is 6.07 Å². The Morgan fingerprint density at radius 3 is 2.48 bits per heavy atom. The largest absolute Gasteiger partial charge is 0.379 e. The zero-order valence-electron chi connectivity index (χ0n) is 13.3. The second-order valence-electron chi connectivity index (χ2n) is 5.33. The van der Waals surface area contributed by atoms with Crippen LogP contribution >= 0.6 is 24.8 Å². The smallest absolute Gasteiger partial charge is 0.220 e. The fourth-order valence-corrected chi connectivity index (χ4v) is 2.43. The van der Waals surface area contributed by atoms with Crippen LogP contribution in [0.1, 0.15) is 24.0 Å². The fraction of sp³-hybridized carbons (Fsp3) is 0.562. The lowest BCUT2D eigenvalue weighted by atomic mass is 10.1. The molecule has 0 spiro atoms. The van der Waals surface area contributed by atoms with E-state index >= 15 is 0 Å². The molecular weight excluding hydrogens is 337 g/mol. The molecule has 1 aromatic rings. The molecule has 0 aromatic heterocycles. The third-order valence-corrected chi connectivity index (χ3v) is 3.70. The molecule has 1 saturated heterocycles. The van der Waals surface area contributed by atoms with Crippen LogP contribution in [0.3, 0.4) is 0 Å². The van der Waals surface area contributed by atoms with Gasteiger partial charge in [-0.3, -0.25) is 9.69 Å². The van der Waals surface area contributed by atoms with Crippen LogP contribution in [0, 0.1) is 0 Å². The lowest BCUT2D eigenvalue weighted by Gasteiger charge is -2.27. The molecule has 7 heteroatoms. The highest BCUT2D eigenvalue weighted by Gasteiger charge is 2.12. The molecule has 1 aromatic carbocycles. The minimum atomic E-state index is 0. The van der Waals surface area contributed by atoms with E-state index in [1.165, 1.54) is 11.1 Å². The number of carbonyl (C=O) groups is 1. The lowest BCUT2D eigenvalue weighted by Crippen LogP contribution is -2.36. The van der Waals surface area contributed by atoms with Gasteiger partial charge < -0.3 is 15.8 Å². The highest BCUT2D eigenvalue weighted by Crippen LogP contribution is 2.13. The topological polar surface area (TPSA) is 67.6 Å². The molecule has 1 amide bonds. The number of ether oxygens (including phenoxy) is 1. The first-order valence-electron chi connectivity index (χ1n) is 7.63. The fourth-order valence-electron chi connectivity index (χ4n) is 2.43. The van der Waals surface area contributed by atoms with Gasteiger partial charge in [0.25, 0.3) is 0 Å². The van der Waals surface area contributed by atoms with Crippen molar-refractivity contribution in [3.63, 3.8) is 0 Å². The van der Waals surface area contributed by atoms with Gasteiger partial charge in [0.2, 0.25) is 5.91 Å². The van der Waals surface area contributed by atoms with Crippen molar-refractivity contribution in [1.82, 2.24) is 10.2 Å². The summed E-state index contributed by atoms with van der Waals surface area (Å²) >= 11 is 0. The highest BCUT2D eigenvalue weighted by atomic mass is 35.5. The van der Waals surface area contributed by atoms with Crippen LogP contribution < -0.4 is 11.1 Å². The number of benzene rings is 1. The Hall–Kier alpha value is -0.850. The van der Waals surface area contributed by atoms with Crippen LogP contribution in [0.2, 0.25) is 0 Å². The van der Waals surface area contributed by atoms with Crippen LogP contribution in [0.4, 0.5) is 0 Å². The van der Waals surface area contributed by atoms with E-state index in [0.29, 0.717) is 19.5 Å². The van der Waals surface area contributed by atoms with Gasteiger partial charge in [0.15, 0.2) is 0 Å². The number of halogens is 2. The van der Waals surface area contributed by atoms with Gasteiger partial charge in [0.1, 0.15) is 0 Å². The van der Waals surface area contributed by atoms with E-state index in [2.05, 4.69) is 28.4 Å². The molecule has 2 rings (SSSR count). The Bertz CT molecular complexity index is 455. The Morgan fingerprint density at radius 1 is 1.17 bits per heavy atom. The lowest BCUT2D eigenvalue weighted by molar-refractivity contribution is -0.121. The maximum absolute atomic E-state index is 11.7. The van der Waals surface area contributed by atoms with E-state index in [4.69, 9.17) is 10.5 Å². The molecule has 3 N–H and O–H groups in total. The van der Waals surface area contributed by atoms with Crippen LogP contribution in [0.15, 0.2) is 24.3 Å². The number of rotatable bonds is 7. The predicted molar refractivity (Wildman–Crippen MR) is 97.2 cm³/mol. The molecule has 0 aliphatic carbocycles.